The number of aliphatic hydroxyl groups is 8. The monoisotopic (exact) mass is 942 g/mol. The maximum Gasteiger partial charge on any atom is 0.220 e. The van der Waals surface area contributed by atoms with Crippen LogP contribution in [0.2, 0.25) is 0 Å². The average Bonchev–Trinajstić information content (AvgIpc) is 3.31. The molecule has 9 N–H and O–H groups in total. The van der Waals surface area contributed by atoms with Crippen LogP contribution in [-0.2, 0) is 23.7 Å². The first-order valence-corrected chi connectivity index (χ1v) is 26.2. The second-order valence-corrected chi connectivity index (χ2v) is 18.6. The largest absolute Gasteiger partial charge is 0.394 e. The highest BCUT2D eigenvalue weighted by molar-refractivity contribution is 5.76. The molecule has 66 heavy (non-hydrogen) atoms. The fraction of sp³-hybridized carbons (Fsp3) is 0.865. The van der Waals surface area contributed by atoms with Crippen molar-refractivity contribution in [3.05, 3.63) is 36.5 Å². The summed E-state index contributed by atoms with van der Waals surface area (Å²) in [6, 6.07) is -0.909. The first-order chi connectivity index (χ1) is 32.1. The van der Waals surface area contributed by atoms with Gasteiger partial charge in [-0.2, -0.15) is 0 Å². The summed E-state index contributed by atoms with van der Waals surface area (Å²) < 4.78 is 22.6. The van der Waals surface area contributed by atoms with Gasteiger partial charge in [0.25, 0.3) is 0 Å². The Balaban J connectivity index is 1.62. The number of unbranched alkanes of at least 4 members (excludes halogenated alkanes) is 23. The fourth-order valence-electron chi connectivity index (χ4n) is 8.50. The van der Waals surface area contributed by atoms with Crippen LogP contribution in [0.3, 0.4) is 0 Å². The topological polar surface area (TPSA) is 228 Å². The summed E-state index contributed by atoms with van der Waals surface area (Å²) in [4.78, 5) is 13.1. The van der Waals surface area contributed by atoms with Crippen molar-refractivity contribution in [2.75, 3.05) is 19.8 Å². The van der Waals surface area contributed by atoms with Crippen LogP contribution in [0.4, 0.5) is 0 Å². The van der Waals surface area contributed by atoms with Crippen LogP contribution < -0.4 is 5.32 Å². The number of rotatable bonds is 40. The first-order valence-electron chi connectivity index (χ1n) is 26.2. The highest BCUT2D eigenvalue weighted by Crippen LogP contribution is 2.30. The first kappa shape index (κ1) is 60.3. The Bertz CT molecular complexity index is 1250. The van der Waals surface area contributed by atoms with Gasteiger partial charge in [0.1, 0.15) is 48.8 Å². The van der Waals surface area contributed by atoms with Crippen LogP contribution in [0.15, 0.2) is 36.5 Å². The second kappa shape index (κ2) is 39.0. The smallest absolute Gasteiger partial charge is 0.220 e. The number of carbonyl (C=O) groups is 1. The van der Waals surface area contributed by atoms with Gasteiger partial charge in [-0.15, -0.1) is 0 Å². The Morgan fingerprint density at radius 1 is 0.545 bits per heavy atom. The molecule has 2 rings (SSSR count). The number of allylic oxidation sites excluding steroid dienone is 5. The summed E-state index contributed by atoms with van der Waals surface area (Å²) in [7, 11) is 0. The third kappa shape index (κ3) is 25.7. The van der Waals surface area contributed by atoms with Crippen molar-refractivity contribution in [1.82, 2.24) is 5.32 Å². The van der Waals surface area contributed by atoms with E-state index in [0.717, 1.165) is 51.4 Å². The van der Waals surface area contributed by atoms with E-state index in [1.807, 2.05) is 6.08 Å². The predicted octanol–water partition coefficient (Wildman–Crippen LogP) is 7.10. The molecule has 14 nitrogen and oxygen atoms in total. The van der Waals surface area contributed by atoms with Crippen LogP contribution in [0.1, 0.15) is 194 Å². The highest BCUT2D eigenvalue weighted by atomic mass is 16.7. The number of aliphatic hydroxyl groups excluding tert-OH is 8. The van der Waals surface area contributed by atoms with Crippen LogP contribution in [0.25, 0.3) is 0 Å². The van der Waals surface area contributed by atoms with Gasteiger partial charge < -0.3 is 65.1 Å². The van der Waals surface area contributed by atoms with Gasteiger partial charge in [-0.25, -0.2) is 0 Å². The molecule has 12 atom stereocenters. The van der Waals surface area contributed by atoms with Gasteiger partial charge in [0, 0.05) is 6.42 Å². The molecule has 2 heterocycles. The lowest BCUT2D eigenvalue weighted by Crippen LogP contribution is -2.65. The van der Waals surface area contributed by atoms with Crippen molar-refractivity contribution in [3.8, 4) is 0 Å². The van der Waals surface area contributed by atoms with Crippen LogP contribution in [0.5, 0.6) is 0 Å². The molecule has 0 saturated carbocycles. The van der Waals surface area contributed by atoms with Crippen molar-refractivity contribution in [3.63, 3.8) is 0 Å². The summed E-state index contributed by atoms with van der Waals surface area (Å²) in [5.74, 6) is -0.247. The Hall–Kier alpha value is -1.79. The molecule has 14 heteroatoms. The Labute approximate surface area is 398 Å². The summed E-state index contributed by atoms with van der Waals surface area (Å²) >= 11 is 0. The summed E-state index contributed by atoms with van der Waals surface area (Å²) in [6.45, 7) is 2.65. The van der Waals surface area contributed by atoms with Gasteiger partial charge in [-0.1, -0.05) is 172 Å². The predicted molar refractivity (Wildman–Crippen MR) is 258 cm³/mol. The Morgan fingerprint density at radius 2 is 1.00 bits per heavy atom. The molecule has 0 radical (unpaired) electrons. The molecule has 2 aliphatic heterocycles. The third-order valence-electron chi connectivity index (χ3n) is 12.8. The zero-order chi connectivity index (χ0) is 48.2. The summed E-state index contributed by atoms with van der Waals surface area (Å²) in [5, 5.41) is 86.2. The van der Waals surface area contributed by atoms with E-state index in [0.29, 0.717) is 6.42 Å². The summed E-state index contributed by atoms with van der Waals surface area (Å²) in [6.07, 6.45) is 28.4. The van der Waals surface area contributed by atoms with E-state index in [1.165, 1.54) is 116 Å². The number of hydrogen-bond acceptors (Lipinski definition) is 13. The van der Waals surface area contributed by atoms with Gasteiger partial charge in [-0.3, -0.25) is 4.79 Å². The molecule has 0 aromatic heterocycles. The van der Waals surface area contributed by atoms with Crippen molar-refractivity contribution in [2.24, 2.45) is 0 Å². The minimum absolute atomic E-state index is 0.247. The average molecular weight is 942 g/mol. The van der Waals surface area contributed by atoms with Crippen molar-refractivity contribution in [1.29, 1.82) is 0 Å². The van der Waals surface area contributed by atoms with E-state index < -0.39 is 86.8 Å². The molecule has 386 valence electrons. The third-order valence-corrected chi connectivity index (χ3v) is 12.8. The molecule has 12 unspecified atom stereocenters. The number of ether oxygens (including phenoxy) is 4. The van der Waals surface area contributed by atoms with E-state index >= 15 is 0 Å². The number of hydrogen-bond donors (Lipinski definition) is 9. The maximum absolute atomic E-state index is 13.1. The zero-order valence-electron chi connectivity index (χ0n) is 40.9. The van der Waals surface area contributed by atoms with Crippen LogP contribution in [-0.4, -0.2) is 140 Å². The molecule has 0 aromatic rings. The molecule has 1 amide bonds. The normalized spacial score (nSPS) is 27.1. The van der Waals surface area contributed by atoms with Crippen molar-refractivity contribution in [2.45, 2.75) is 267 Å². The van der Waals surface area contributed by atoms with E-state index in [-0.39, 0.29) is 18.9 Å². The SMILES string of the molecule is CCCCC/C=C/C(O)C(COC1OC(CO)C(OC2OC(CO)C(O)C(O)C2O)C(O)C1O)NC(=O)CCCCCCCCCCCCCCCCC/C=C\C/C=C\CCCCCCC. The lowest BCUT2D eigenvalue weighted by atomic mass is 9.97. The maximum atomic E-state index is 13.1. The minimum atomic E-state index is -1.79. The minimum Gasteiger partial charge on any atom is -0.394 e. The van der Waals surface area contributed by atoms with Crippen molar-refractivity contribution >= 4 is 5.91 Å². The standard InChI is InChI=1S/C52H95NO13/c1-3-5-7-9-10-11-12-13-14-15-16-17-18-19-20-21-22-23-24-25-26-27-28-29-30-32-34-36-44(57)53-40(41(56)35-33-31-8-6-4-2)39-63-51-49(62)47(60)50(43(38-55)65-51)66-52-48(61)46(59)45(58)42(37-54)64-52/h12-13,15-16,33,35,40-43,45-52,54-56,58-62H,3-11,14,17-32,34,36-39H2,1-2H3,(H,53,57)/b13-12-,16-15-,35-33+. The lowest BCUT2D eigenvalue weighted by molar-refractivity contribution is -0.359. The van der Waals surface area contributed by atoms with E-state index in [4.69, 9.17) is 18.9 Å². The molecule has 0 aromatic carbocycles. The molecular weight excluding hydrogens is 847 g/mol. The van der Waals surface area contributed by atoms with Gasteiger partial charge >= 0.3 is 0 Å². The zero-order valence-corrected chi connectivity index (χ0v) is 40.9. The molecule has 2 saturated heterocycles. The van der Waals surface area contributed by atoms with Crippen LogP contribution in [0, 0.1) is 0 Å². The second-order valence-electron chi connectivity index (χ2n) is 18.6. The van der Waals surface area contributed by atoms with E-state index in [1.54, 1.807) is 6.08 Å². The molecule has 0 aliphatic carbocycles. The Morgan fingerprint density at radius 3 is 1.55 bits per heavy atom. The van der Waals surface area contributed by atoms with E-state index in [2.05, 4.69) is 43.5 Å². The lowest BCUT2D eigenvalue weighted by Gasteiger charge is -2.46. The van der Waals surface area contributed by atoms with Gasteiger partial charge in [0.15, 0.2) is 12.6 Å². The van der Waals surface area contributed by atoms with E-state index in [9.17, 15) is 45.6 Å². The highest BCUT2D eigenvalue weighted by Gasteiger charge is 2.51. The Kier molecular flexibility index (Phi) is 35.6. The number of nitrogens with one attached hydrogen (secondary N) is 1. The van der Waals surface area contributed by atoms with Gasteiger partial charge in [0.05, 0.1) is 32.0 Å². The van der Waals surface area contributed by atoms with Gasteiger partial charge in [0.2, 0.25) is 5.91 Å². The number of amides is 1. The molecule has 0 bridgehead atoms. The van der Waals surface area contributed by atoms with Gasteiger partial charge in [-0.05, 0) is 51.4 Å². The molecule has 0 spiro atoms. The van der Waals surface area contributed by atoms with Crippen molar-refractivity contribution < 1.29 is 64.6 Å². The molecule has 2 fully saturated rings. The quantitative estimate of drug-likeness (QED) is 0.0221. The molecule has 2 aliphatic rings. The van der Waals surface area contributed by atoms with Crippen LogP contribution >= 0.6 is 0 Å². The summed E-state index contributed by atoms with van der Waals surface area (Å²) in [5.41, 5.74) is 0. The number of carbonyl (C=O) groups excluding carboxylic acids is 1. The molecular formula is C52H95NO13. The fourth-order valence-corrected chi connectivity index (χ4v) is 8.50.